The van der Waals surface area contributed by atoms with E-state index in [9.17, 15) is 9.59 Å². The average Bonchev–Trinajstić information content (AvgIpc) is 3.43. The molecule has 0 aliphatic rings. The zero-order valence-electron chi connectivity index (χ0n) is 48.3. The summed E-state index contributed by atoms with van der Waals surface area (Å²) in [7, 11) is 0. The molecule has 0 saturated carbocycles. The Hall–Kier alpha value is -4.46. The number of carbonyl (C=O) groups is 2. The Morgan fingerprint density at radius 1 is 0.373 bits per heavy atom. The van der Waals surface area contributed by atoms with E-state index in [-0.39, 0.29) is 13.2 Å². The predicted octanol–water partition coefficient (Wildman–Crippen LogP) is 20.4. The molecule has 4 rings (SSSR count). The zero-order valence-corrected chi connectivity index (χ0v) is 48.3. The van der Waals surface area contributed by atoms with Crippen LogP contribution in [0.15, 0.2) is 60.9 Å². The van der Waals surface area contributed by atoms with Gasteiger partial charge in [-0.3, -0.25) is 9.97 Å². The number of unbranched alkanes of at least 4 members (excludes halogenated alkanes) is 31. The number of esters is 2. The summed E-state index contributed by atoms with van der Waals surface area (Å²) >= 11 is 0. The number of rotatable bonds is 45. The van der Waals surface area contributed by atoms with Crippen LogP contribution in [0.3, 0.4) is 0 Å². The maximum atomic E-state index is 13.5. The third-order valence-corrected chi connectivity index (χ3v) is 15.2. The number of pyridine rings is 4. The van der Waals surface area contributed by atoms with Gasteiger partial charge in [-0.2, -0.15) is 0 Å². The standard InChI is InChI=1S/C67H104N4O4/c1-6-11-14-17-20-23-26-27-28-29-30-33-36-39-42-55-49-62(70-63(50-55)65-54-59(67(73)75-10-5)53-64(71-65)61-52-58(46-48-69-61)66(72)74-9-4)60-51-57(45-47-68-60)56(43-40-37-34-31-24-21-18-15-12-7-2)44-41-38-35-32-25-22-19-16-13-8-3/h45-54,56H,6-44H2,1-5H3. The highest BCUT2D eigenvalue weighted by Crippen LogP contribution is 2.33. The van der Waals surface area contributed by atoms with Crippen molar-refractivity contribution < 1.29 is 19.1 Å². The van der Waals surface area contributed by atoms with Crippen LogP contribution >= 0.6 is 0 Å². The second-order valence-corrected chi connectivity index (χ2v) is 21.7. The summed E-state index contributed by atoms with van der Waals surface area (Å²) in [5.74, 6) is -0.404. The third-order valence-electron chi connectivity index (χ3n) is 15.2. The zero-order chi connectivity index (χ0) is 53.4. The van der Waals surface area contributed by atoms with Crippen molar-refractivity contribution >= 4 is 11.9 Å². The molecule has 8 heteroatoms. The van der Waals surface area contributed by atoms with Crippen LogP contribution in [0.1, 0.15) is 304 Å². The maximum Gasteiger partial charge on any atom is 0.338 e. The van der Waals surface area contributed by atoms with Crippen molar-refractivity contribution in [2.75, 3.05) is 13.2 Å². The maximum absolute atomic E-state index is 13.5. The molecule has 0 atom stereocenters. The van der Waals surface area contributed by atoms with Crippen molar-refractivity contribution in [3.05, 3.63) is 83.2 Å². The molecule has 0 amide bonds. The van der Waals surface area contributed by atoms with Crippen LogP contribution in [-0.2, 0) is 15.9 Å². The van der Waals surface area contributed by atoms with E-state index >= 15 is 0 Å². The Bertz CT molecular complexity index is 2100. The quantitative estimate of drug-likeness (QED) is 0.0319. The smallest absolute Gasteiger partial charge is 0.338 e. The van der Waals surface area contributed by atoms with Crippen LogP contribution in [0.4, 0.5) is 0 Å². The number of nitrogens with zero attached hydrogens (tertiary/aromatic N) is 4. The molecule has 8 nitrogen and oxygen atoms in total. The Morgan fingerprint density at radius 2 is 0.707 bits per heavy atom. The van der Waals surface area contributed by atoms with E-state index in [4.69, 9.17) is 24.4 Å². The fraction of sp³-hybridized carbons (Fsp3) is 0.672. The molecular weight excluding hydrogens is 925 g/mol. The van der Waals surface area contributed by atoms with E-state index < -0.39 is 11.9 Å². The van der Waals surface area contributed by atoms with Gasteiger partial charge in [-0.25, -0.2) is 19.6 Å². The van der Waals surface area contributed by atoms with Gasteiger partial charge >= 0.3 is 11.9 Å². The van der Waals surface area contributed by atoms with E-state index in [0.29, 0.717) is 39.8 Å². The number of aryl methyl sites for hydroxylation is 1. The number of hydrogen-bond donors (Lipinski definition) is 0. The van der Waals surface area contributed by atoms with Crippen LogP contribution in [0.25, 0.3) is 34.2 Å². The van der Waals surface area contributed by atoms with Gasteiger partial charge in [0.15, 0.2) is 0 Å². The molecule has 0 bridgehead atoms. The van der Waals surface area contributed by atoms with E-state index in [1.165, 1.54) is 236 Å². The summed E-state index contributed by atoms with van der Waals surface area (Å²) in [4.78, 5) is 46.3. The van der Waals surface area contributed by atoms with Crippen LogP contribution < -0.4 is 0 Å². The number of carbonyl (C=O) groups excluding carboxylic acids is 2. The topological polar surface area (TPSA) is 104 Å². The third kappa shape index (κ3) is 26.4. The first-order valence-corrected chi connectivity index (χ1v) is 31.2. The van der Waals surface area contributed by atoms with Gasteiger partial charge < -0.3 is 9.47 Å². The predicted molar refractivity (Wildman–Crippen MR) is 316 cm³/mol. The van der Waals surface area contributed by atoms with Crippen molar-refractivity contribution in [1.82, 2.24) is 19.9 Å². The van der Waals surface area contributed by atoms with Crippen LogP contribution in [0, 0.1) is 0 Å². The van der Waals surface area contributed by atoms with E-state index in [1.54, 1.807) is 44.3 Å². The van der Waals surface area contributed by atoms with E-state index in [1.807, 2.05) is 6.20 Å². The fourth-order valence-electron chi connectivity index (χ4n) is 10.6. The number of hydrogen-bond acceptors (Lipinski definition) is 8. The normalized spacial score (nSPS) is 11.4. The van der Waals surface area contributed by atoms with Gasteiger partial charge in [-0.05, 0) is 105 Å². The lowest BCUT2D eigenvalue weighted by molar-refractivity contribution is 0.0516. The van der Waals surface area contributed by atoms with Gasteiger partial charge in [0.2, 0.25) is 0 Å². The summed E-state index contributed by atoms with van der Waals surface area (Å²) in [6.07, 6.45) is 52.3. The molecule has 4 aromatic heterocycles. The SMILES string of the molecule is CCCCCCCCCCCCCCCCc1cc(-c2cc(C(CCCCCCCCCCCC)CCCCCCCCCCCC)ccn2)nc(-c2cc(C(=O)OCC)cc(-c3cc(C(=O)OCC)ccn3)n2)c1. The lowest BCUT2D eigenvalue weighted by atomic mass is 9.88. The second kappa shape index (κ2) is 40.7. The van der Waals surface area contributed by atoms with Crippen molar-refractivity contribution in [2.24, 2.45) is 0 Å². The van der Waals surface area contributed by atoms with Crippen molar-refractivity contribution in [3.63, 3.8) is 0 Å². The minimum absolute atomic E-state index is 0.237. The van der Waals surface area contributed by atoms with Crippen LogP contribution in [0.2, 0.25) is 0 Å². The molecule has 0 aliphatic carbocycles. The molecule has 0 radical (unpaired) electrons. The lowest BCUT2D eigenvalue weighted by Crippen LogP contribution is -2.08. The molecule has 0 unspecified atom stereocenters. The first-order chi connectivity index (χ1) is 36.9. The minimum atomic E-state index is -0.451. The molecule has 0 fully saturated rings. The molecule has 416 valence electrons. The van der Waals surface area contributed by atoms with Crippen LogP contribution in [0.5, 0.6) is 0 Å². The molecule has 0 aromatic carbocycles. The summed E-state index contributed by atoms with van der Waals surface area (Å²) in [6, 6.07) is 15.7. The molecule has 4 heterocycles. The summed E-state index contributed by atoms with van der Waals surface area (Å²) < 4.78 is 10.8. The van der Waals surface area contributed by atoms with Gasteiger partial charge in [-0.15, -0.1) is 0 Å². The van der Waals surface area contributed by atoms with Crippen molar-refractivity contribution in [2.45, 2.75) is 278 Å². The molecule has 0 aliphatic heterocycles. The summed E-state index contributed by atoms with van der Waals surface area (Å²) in [5, 5.41) is 0. The first kappa shape index (κ1) is 63.1. The summed E-state index contributed by atoms with van der Waals surface area (Å²) in [6.45, 7) is 11.0. The highest BCUT2D eigenvalue weighted by atomic mass is 16.5. The summed E-state index contributed by atoms with van der Waals surface area (Å²) in [5.41, 5.74) is 7.07. The molecule has 0 spiro atoms. The first-order valence-electron chi connectivity index (χ1n) is 31.2. The van der Waals surface area contributed by atoms with E-state index in [2.05, 4.69) is 50.0 Å². The minimum Gasteiger partial charge on any atom is -0.462 e. The highest BCUT2D eigenvalue weighted by Gasteiger charge is 2.19. The van der Waals surface area contributed by atoms with E-state index in [0.717, 1.165) is 24.2 Å². The Balaban J connectivity index is 1.59. The van der Waals surface area contributed by atoms with Gasteiger partial charge in [0.25, 0.3) is 0 Å². The molecule has 4 aromatic rings. The molecule has 0 N–H and O–H groups in total. The monoisotopic (exact) mass is 1030 g/mol. The fourth-order valence-corrected chi connectivity index (χ4v) is 10.6. The van der Waals surface area contributed by atoms with Crippen LogP contribution in [-0.4, -0.2) is 45.1 Å². The lowest BCUT2D eigenvalue weighted by Gasteiger charge is -2.19. The van der Waals surface area contributed by atoms with Crippen molar-refractivity contribution in [1.29, 1.82) is 0 Å². The van der Waals surface area contributed by atoms with Gasteiger partial charge in [0, 0.05) is 12.4 Å². The van der Waals surface area contributed by atoms with Gasteiger partial charge in [0.05, 0.1) is 58.5 Å². The van der Waals surface area contributed by atoms with Gasteiger partial charge in [-0.1, -0.05) is 233 Å². The molecular formula is C67H104N4O4. The largest absolute Gasteiger partial charge is 0.462 e. The number of ether oxygens (including phenoxy) is 2. The molecule has 75 heavy (non-hydrogen) atoms. The second-order valence-electron chi connectivity index (χ2n) is 21.7. The van der Waals surface area contributed by atoms with Crippen molar-refractivity contribution in [3.8, 4) is 34.2 Å². The highest BCUT2D eigenvalue weighted by molar-refractivity contribution is 5.93. The Labute approximate surface area is 457 Å². The average molecular weight is 1030 g/mol. The van der Waals surface area contributed by atoms with Gasteiger partial charge in [0.1, 0.15) is 0 Å². The molecule has 0 saturated heterocycles. The number of aromatic nitrogens is 4. The Kier molecular flexibility index (Phi) is 34.3. The Morgan fingerprint density at radius 3 is 1.15 bits per heavy atom.